The lowest BCUT2D eigenvalue weighted by molar-refractivity contribution is -0.143. The van der Waals surface area contributed by atoms with Crippen molar-refractivity contribution in [2.24, 2.45) is 0 Å². The Morgan fingerprint density at radius 2 is 0.500 bits per heavy atom. The van der Waals surface area contributed by atoms with Crippen molar-refractivity contribution in [3.63, 3.8) is 0 Å². The third kappa shape index (κ3) is 79.3. The number of carbonyl (C=O) groups excluding carboxylic acids is 2. The van der Waals surface area contributed by atoms with Gasteiger partial charge in [0.1, 0.15) is 0 Å². The molecule has 558 valence electrons. The summed E-state index contributed by atoms with van der Waals surface area (Å²) in [6.07, 6.45) is 109. The molecule has 0 aliphatic heterocycles. The van der Waals surface area contributed by atoms with Gasteiger partial charge in [-0.1, -0.05) is 456 Å². The van der Waals surface area contributed by atoms with Crippen LogP contribution in [0.2, 0.25) is 0 Å². The molecule has 0 saturated carbocycles. The second-order valence-electron chi connectivity index (χ2n) is 30.2. The van der Waals surface area contributed by atoms with Crippen LogP contribution >= 0.6 is 0 Å². The summed E-state index contributed by atoms with van der Waals surface area (Å²) < 4.78 is 5.52. The van der Waals surface area contributed by atoms with E-state index in [2.05, 4.69) is 31.3 Å². The van der Waals surface area contributed by atoms with Crippen molar-refractivity contribution in [1.82, 2.24) is 5.32 Å². The third-order valence-corrected chi connectivity index (χ3v) is 20.7. The number of rotatable bonds is 83. The Labute approximate surface area is 590 Å². The zero-order valence-corrected chi connectivity index (χ0v) is 64.2. The fourth-order valence-electron chi connectivity index (χ4n) is 14.1. The van der Waals surface area contributed by atoms with Gasteiger partial charge in [0, 0.05) is 12.8 Å². The van der Waals surface area contributed by atoms with Crippen LogP contribution < -0.4 is 5.32 Å². The van der Waals surface area contributed by atoms with Gasteiger partial charge in [-0.3, -0.25) is 9.59 Å². The van der Waals surface area contributed by atoms with E-state index in [9.17, 15) is 19.8 Å². The molecule has 0 bridgehead atoms. The summed E-state index contributed by atoms with van der Waals surface area (Å²) in [5.74, 6) is -0.0316. The highest BCUT2D eigenvalue weighted by Crippen LogP contribution is 2.21. The Hall–Kier alpha value is -1.66. The molecule has 0 aromatic rings. The highest BCUT2D eigenvalue weighted by molar-refractivity contribution is 5.76. The standard InChI is InChI=1S/C88H171NO5/c1-3-5-7-9-11-13-15-17-19-21-23-24-42-45-48-52-56-60-64-68-72-76-80-86(91)85(84-90)89-87(92)81-77-73-69-65-61-57-53-49-46-43-40-38-36-34-32-30-28-26-25-27-29-31-33-35-37-39-41-44-47-51-55-59-63-67-71-75-79-83-94-88(93)82-78-74-70-66-62-58-54-50-22-20-18-16-14-12-10-8-6-4-2/h25,27,76,80,85-86,90-91H,3-24,26,28-75,77-79,81-84H2,1-2H3,(H,89,92)/b27-25-,80-76+. The summed E-state index contributed by atoms with van der Waals surface area (Å²) in [6, 6.07) is -0.626. The minimum atomic E-state index is -0.843. The first-order chi connectivity index (χ1) is 46.5. The second-order valence-corrected chi connectivity index (χ2v) is 30.2. The summed E-state index contributed by atoms with van der Waals surface area (Å²) in [7, 11) is 0. The Morgan fingerprint density at radius 3 is 0.755 bits per heavy atom. The largest absolute Gasteiger partial charge is 0.466 e. The molecule has 0 aromatic heterocycles. The van der Waals surface area contributed by atoms with Gasteiger partial charge in [0.05, 0.1) is 25.4 Å². The van der Waals surface area contributed by atoms with Gasteiger partial charge >= 0.3 is 5.97 Å². The lowest BCUT2D eigenvalue weighted by atomic mass is 10.0. The van der Waals surface area contributed by atoms with E-state index in [1.165, 1.54) is 437 Å². The van der Waals surface area contributed by atoms with Gasteiger partial charge in [-0.25, -0.2) is 0 Å². The van der Waals surface area contributed by atoms with Crippen molar-refractivity contribution in [2.45, 2.75) is 514 Å². The molecular formula is C88H171NO5. The van der Waals surface area contributed by atoms with Gasteiger partial charge in [0.15, 0.2) is 0 Å². The maximum atomic E-state index is 12.6. The van der Waals surface area contributed by atoms with Crippen LogP contribution in [0.1, 0.15) is 502 Å². The molecule has 1 amide bonds. The predicted octanol–water partition coefficient (Wildman–Crippen LogP) is 29.2. The molecule has 0 aliphatic rings. The van der Waals surface area contributed by atoms with Crippen molar-refractivity contribution in [2.75, 3.05) is 13.2 Å². The van der Waals surface area contributed by atoms with Gasteiger partial charge < -0.3 is 20.3 Å². The summed E-state index contributed by atoms with van der Waals surface area (Å²) in [5, 5.41) is 23.3. The fraction of sp³-hybridized carbons (Fsp3) is 0.932. The molecule has 6 heteroatoms. The van der Waals surface area contributed by atoms with Crippen molar-refractivity contribution < 1.29 is 24.5 Å². The monoisotopic (exact) mass is 1320 g/mol. The van der Waals surface area contributed by atoms with Crippen LogP contribution in [-0.2, 0) is 14.3 Å². The van der Waals surface area contributed by atoms with Gasteiger partial charge in [-0.2, -0.15) is 0 Å². The van der Waals surface area contributed by atoms with Gasteiger partial charge in [-0.15, -0.1) is 0 Å². The molecule has 0 saturated heterocycles. The van der Waals surface area contributed by atoms with Crippen LogP contribution in [0, 0.1) is 0 Å². The molecular weight excluding hydrogens is 1150 g/mol. The Bertz CT molecular complexity index is 1480. The first kappa shape index (κ1) is 92.3. The van der Waals surface area contributed by atoms with Crippen molar-refractivity contribution >= 4 is 11.9 Å². The average Bonchev–Trinajstić information content (AvgIpc) is 3.78. The van der Waals surface area contributed by atoms with Crippen LogP contribution in [0.15, 0.2) is 24.3 Å². The van der Waals surface area contributed by atoms with E-state index in [-0.39, 0.29) is 18.5 Å². The first-order valence-corrected chi connectivity index (χ1v) is 43.6. The molecule has 0 rings (SSSR count). The van der Waals surface area contributed by atoms with Crippen LogP contribution in [-0.4, -0.2) is 47.4 Å². The molecule has 0 fully saturated rings. The molecule has 0 aromatic carbocycles. The van der Waals surface area contributed by atoms with E-state index in [4.69, 9.17) is 4.74 Å². The molecule has 2 unspecified atom stereocenters. The summed E-state index contributed by atoms with van der Waals surface area (Å²) in [5.41, 5.74) is 0. The van der Waals surface area contributed by atoms with E-state index in [0.717, 1.165) is 38.5 Å². The highest BCUT2D eigenvalue weighted by atomic mass is 16.5. The molecule has 0 spiro atoms. The Kier molecular flexibility index (Phi) is 82.3. The number of esters is 1. The lowest BCUT2D eigenvalue weighted by Gasteiger charge is -2.20. The molecule has 3 N–H and O–H groups in total. The minimum Gasteiger partial charge on any atom is -0.466 e. The lowest BCUT2D eigenvalue weighted by Crippen LogP contribution is -2.45. The second kappa shape index (κ2) is 83.8. The molecule has 0 aliphatic carbocycles. The molecule has 2 atom stereocenters. The van der Waals surface area contributed by atoms with Gasteiger partial charge in [0.2, 0.25) is 5.91 Å². The fourth-order valence-corrected chi connectivity index (χ4v) is 14.1. The van der Waals surface area contributed by atoms with Crippen LogP contribution in [0.5, 0.6) is 0 Å². The number of aliphatic hydroxyl groups is 2. The van der Waals surface area contributed by atoms with Crippen molar-refractivity contribution in [3.05, 3.63) is 24.3 Å². The maximum absolute atomic E-state index is 12.6. The number of aliphatic hydroxyl groups excluding tert-OH is 2. The zero-order valence-electron chi connectivity index (χ0n) is 64.2. The number of nitrogens with one attached hydrogen (secondary N) is 1. The molecule has 0 radical (unpaired) electrons. The highest BCUT2D eigenvalue weighted by Gasteiger charge is 2.18. The molecule has 0 heterocycles. The van der Waals surface area contributed by atoms with Crippen LogP contribution in [0.3, 0.4) is 0 Å². The zero-order chi connectivity index (χ0) is 67.7. The normalized spacial score (nSPS) is 12.5. The van der Waals surface area contributed by atoms with E-state index in [0.29, 0.717) is 19.4 Å². The van der Waals surface area contributed by atoms with Crippen LogP contribution in [0.25, 0.3) is 0 Å². The van der Waals surface area contributed by atoms with Crippen molar-refractivity contribution in [3.8, 4) is 0 Å². The predicted molar refractivity (Wildman–Crippen MR) is 417 cm³/mol. The van der Waals surface area contributed by atoms with Gasteiger partial charge in [0.25, 0.3) is 0 Å². The molecule has 94 heavy (non-hydrogen) atoms. The van der Waals surface area contributed by atoms with Crippen LogP contribution in [0.4, 0.5) is 0 Å². The topological polar surface area (TPSA) is 95.9 Å². The number of hydrogen-bond donors (Lipinski definition) is 3. The Morgan fingerprint density at radius 1 is 0.287 bits per heavy atom. The minimum absolute atomic E-state index is 0.0269. The SMILES string of the molecule is CCCCCCCCCCCCCCCCCCCCCC/C=C/C(O)C(CO)NC(=O)CCCCCCCCCCCCCCCCCCC/C=C\CCCCCCCCCCCCCCCCCCOC(=O)CCCCCCCCCCCCCCCCCCCC. The number of unbranched alkanes of at least 4 members (excludes halogenated alkanes) is 70. The summed E-state index contributed by atoms with van der Waals surface area (Å²) in [4.78, 5) is 24.7. The number of carbonyl (C=O) groups is 2. The van der Waals surface area contributed by atoms with E-state index in [1.54, 1.807) is 6.08 Å². The molecule has 6 nitrogen and oxygen atoms in total. The van der Waals surface area contributed by atoms with E-state index in [1.807, 2.05) is 6.08 Å². The maximum Gasteiger partial charge on any atom is 0.305 e. The van der Waals surface area contributed by atoms with E-state index >= 15 is 0 Å². The first-order valence-electron chi connectivity index (χ1n) is 43.6. The summed E-state index contributed by atoms with van der Waals surface area (Å²) in [6.45, 7) is 4.97. The van der Waals surface area contributed by atoms with Crippen molar-refractivity contribution in [1.29, 1.82) is 0 Å². The number of allylic oxidation sites excluding steroid dienone is 3. The third-order valence-electron chi connectivity index (χ3n) is 20.7. The Balaban J connectivity index is 3.34. The van der Waals surface area contributed by atoms with Gasteiger partial charge in [-0.05, 0) is 57.8 Å². The van der Waals surface area contributed by atoms with E-state index < -0.39 is 12.1 Å². The summed E-state index contributed by atoms with van der Waals surface area (Å²) >= 11 is 0. The number of hydrogen-bond acceptors (Lipinski definition) is 5. The average molecular weight is 1320 g/mol. The number of ether oxygens (including phenoxy) is 1. The quantitative estimate of drug-likeness (QED) is 0.0320. The smallest absolute Gasteiger partial charge is 0.305 e. The number of amides is 1.